The van der Waals surface area contributed by atoms with Gasteiger partial charge in [0.1, 0.15) is 6.33 Å². The molecule has 0 fully saturated rings. The summed E-state index contributed by atoms with van der Waals surface area (Å²) in [5.41, 5.74) is 0.652. The van der Waals surface area contributed by atoms with Gasteiger partial charge in [0.15, 0.2) is 10.9 Å². The second-order valence-corrected chi connectivity index (χ2v) is 5.31. The van der Waals surface area contributed by atoms with E-state index >= 15 is 0 Å². The number of allylic oxidation sites excluding steroid dienone is 1. The summed E-state index contributed by atoms with van der Waals surface area (Å²) in [4.78, 5) is 11.8. The van der Waals surface area contributed by atoms with Crippen LogP contribution >= 0.6 is 27.7 Å². The van der Waals surface area contributed by atoms with E-state index in [1.54, 1.807) is 28.4 Å². The van der Waals surface area contributed by atoms with Crippen LogP contribution in [-0.2, 0) is 7.05 Å². The van der Waals surface area contributed by atoms with Crippen LogP contribution in [-0.4, -0.2) is 20.5 Å². The van der Waals surface area contributed by atoms with Gasteiger partial charge in [0, 0.05) is 17.1 Å². The fraction of sp³-hybridized carbons (Fsp3) is 0.0833. The van der Waals surface area contributed by atoms with Crippen LogP contribution in [0.4, 0.5) is 0 Å². The lowest BCUT2D eigenvalue weighted by Crippen LogP contribution is -1.93. The number of rotatable bonds is 4. The van der Waals surface area contributed by atoms with Crippen molar-refractivity contribution < 1.29 is 4.79 Å². The Balaban J connectivity index is 2.02. The number of hydrogen-bond donors (Lipinski definition) is 0. The number of hydrogen-bond acceptors (Lipinski definition) is 4. The molecule has 0 radical (unpaired) electrons. The highest BCUT2D eigenvalue weighted by Gasteiger charge is 2.02. The average molecular weight is 324 g/mol. The number of carbonyl (C=O) groups excluding carboxylic acids is 1. The van der Waals surface area contributed by atoms with Crippen molar-refractivity contribution in [2.75, 3.05) is 0 Å². The number of nitrogens with zero attached hydrogens (tertiary/aromatic N) is 3. The van der Waals surface area contributed by atoms with Gasteiger partial charge in [-0.15, -0.1) is 10.2 Å². The molecular formula is C12H10BrN3OS. The second kappa shape index (κ2) is 5.97. The second-order valence-electron chi connectivity index (χ2n) is 3.52. The number of thioether (sulfide) groups is 1. The molecule has 6 heteroatoms. The maximum atomic E-state index is 11.8. The zero-order chi connectivity index (χ0) is 13.0. The highest BCUT2D eigenvalue weighted by molar-refractivity contribution is 9.10. The molecule has 0 spiro atoms. The van der Waals surface area contributed by atoms with Crippen molar-refractivity contribution in [3.8, 4) is 0 Å². The zero-order valence-corrected chi connectivity index (χ0v) is 12.0. The molecule has 0 N–H and O–H groups in total. The third-order valence-electron chi connectivity index (χ3n) is 2.17. The van der Waals surface area contributed by atoms with Crippen molar-refractivity contribution in [3.05, 3.63) is 52.1 Å². The lowest BCUT2D eigenvalue weighted by molar-refractivity contribution is 0.104. The molecule has 0 atom stereocenters. The SMILES string of the molecule is Cn1cnnc1S/C=C\C(=O)c1cccc(Br)c1. The first-order valence-electron chi connectivity index (χ1n) is 5.14. The first-order chi connectivity index (χ1) is 8.66. The molecule has 0 aliphatic carbocycles. The zero-order valence-electron chi connectivity index (χ0n) is 9.58. The van der Waals surface area contributed by atoms with E-state index in [0.717, 1.165) is 9.63 Å². The van der Waals surface area contributed by atoms with Gasteiger partial charge in [0.05, 0.1) is 0 Å². The molecule has 1 heterocycles. The summed E-state index contributed by atoms with van der Waals surface area (Å²) >= 11 is 4.69. The number of ketones is 1. The summed E-state index contributed by atoms with van der Waals surface area (Å²) in [6.07, 6.45) is 3.15. The minimum absolute atomic E-state index is 0.0361. The van der Waals surface area contributed by atoms with Crippen LogP contribution in [0, 0.1) is 0 Å². The van der Waals surface area contributed by atoms with Gasteiger partial charge >= 0.3 is 0 Å². The smallest absolute Gasteiger partial charge is 0.194 e. The Hall–Kier alpha value is -1.40. The van der Waals surface area contributed by atoms with Crippen molar-refractivity contribution in [1.82, 2.24) is 14.8 Å². The van der Waals surface area contributed by atoms with Gasteiger partial charge in [-0.05, 0) is 23.6 Å². The maximum Gasteiger partial charge on any atom is 0.194 e. The minimum Gasteiger partial charge on any atom is -0.312 e. The van der Waals surface area contributed by atoms with E-state index in [0.29, 0.717) is 5.56 Å². The van der Waals surface area contributed by atoms with Gasteiger partial charge in [-0.25, -0.2) is 0 Å². The van der Waals surface area contributed by atoms with E-state index in [9.17, 15) is 4.79 Å². The van der Waals surface area contributed by atoms with Crippen LogP contribution in [0.3, 0.4) is 0 Å². The molecule has 1 aromatic heterocycles. The van der Waals surface area contributed by atoms with Gasteiger partial charge in [0.2, 0.25) is 0 Å². The Morgan fingerprint density at radius 3 is 3.00 bits per heavy atom. The highest BCUT2D eigenvalue weighted by atomic mass is 79.9. The number of aromatic nitrogens is 3. The van der Waals surface area contributed by atoms with E-state index in [1.165, 1.54) is 17.8 Å². The van der Waals surface area contributed by atoms with Gasteiger partial charge in [-0.1, -0.05) is 39.8 Å². The Morgan fingerprint density at radius 2 is 2.33 bits per heavy atom. The van der Waals surface area contributed by atoms with Crippen molar-refractivity contribution >= 4 is 33.5 Å². The quantitative estimate of drug-likeness (QED) is 0.493. The van der Waals surface area contributed by atoms with Crippen molar-refractivity contribution in [2.24, 2.45) is 7.05 Å². The van der Waals surface area contributed by atoms with Crippen molar-refractivity contribution in [1.29, 1.82) is 0 Å². The lowest BCUT2D eigenvalue weighted by atomic mass is 10.1. The Bertz CT molecular complexity index is 595. The van der Waals surface area contributed by atoms with Crippen molar-refractivity contribution in [3.63, 3.8) is 0 Å². The normalized spacial score (nSPS) is 11.0. The molecule has 0 saturated carbocycles. The highest BCUT2D eigenvalue weighted by Crippen LogP contribution is 2.16. The third kappa shape index (κ3) is 3.30. The lowest BCUT2D eigenvalue weighted by Gasteiger charge is -1.96. The molecule has 1 aromatic carbocycles. The fourth-order valence-electron chi connectivity index (χ4n) is 1.27. The number of carbonyl (C=O) groups is 1. The van der Waals surface area contributed by atoms with Crippen LogP contribution in [0.5, 0.6) is 0 Å². The monoisotopic (exact) mass is 323 g/mol. The topological polar surface area (TPSA) is 47.8 Å². The standard InChI is InChI=1S/C12H10BrN3OS/c1-16-8-14-15-12(16)18-6-5-11(17)9-3-2-4-10(13)7-9/h2-8H,1H3/b6-5-. The van der Waals surface area contributed by atoms with Gasteiger partial charge in [-0.2, -0.15) is 0 Å². The first kappa shape index (κ1) is 13.0. The van der Waals surface area contributed by atoms with Crippen LogP contribution in [0.2, 0.25) is 0 Å². The van der Waals surface area contributed by atoms with E-state index in [1.807, 2.05) is 19.2 Å². The summed E-state index contributed by atoms with van der Waals surface area (Å²) < 4.78 is 2.68. The van der Waals surface area contributed by atoms with E-state index in [4.69, 9.17) is 0 Å². The van der Waals surface area contributed by atoms with Gasteiger partial charge in [0.25, 0.3) is 0 Å². The predicted octanol–water partition coefficient (Wildman–Crippen LogP) is 3.07. The van der Waals surface area contributed by atoms with Crippen LogP contribution in [0.1, 0.15) is 10.4 Å². The molecule has 0 aliphatic rings. The van der Waals surface area contributed by atoms with E-state index in [-0.39, 0.29) is 5.78 Å². The van der Waals surface area contributed by atoms with E-state index in [2.05, 4.69) is 26.1 Å². The summed E-state index contributed by atoms with van der Waals surface area (Å²) in [7, 11) is 1.85. The summed E-state index contributed by atoms with van der Waals surface area (Å²) in [5, 5.41) is 10.1. The summed E-state index contributed by atoms with van der Waals surface area (Å²) in [6.45, 7) is 0. The molecular weight excluding hydrogens is 314 g/mol. The molecule has 0 bridgehead atoms. The molecule has 2 aromatic rings. The molecule has 18 heavy (non-hydrogen) atoms. The molecule has 2 rings (SSSR count). The average Bonchev–Trinajstić information content (AvgIpc) is 2.75. The number of benzene rings is 1. The van der Waals surface area contributed by atoms with Gasteiger partial charge in [-0.3, -0.25) is 4.79 Å². The summed E-state index contributed by atoms with van der Waals surface area (Å²) in [5.74, 6) is -0.0361. The van der Waals surface area contributed by atoms with Gasteiger partial charge < -0.3 is 4.57 Å². The first-order valence-corrected chi connectivity index (χ1v) is 6.81. The summed E-state index contributed by atoms with van der Waals surface area (Å²) in [6, 6.07) is 7.29. The third-order valence-corrected chi connectivity index (χ3v) is 3.52. The van der Waals surface area contributed by atoms with Crippen molar-refractivity contribution in [2.45, 2.75) is 5.16 Å². The minimum atomic E-state index is -0.0361. The largest absolute Gasteiger partial charge is 0.312 e. The Labute approximate surface area is 117 Å². The molecule has 0 amide bonds. The molecule has 0 saturated heterocycles. The maximum absolute atomic E-state index is 11.8. The Kier molecular flexibility index (Phi) is 4.33. The Morgan fingerprint density at radius 1 is 1.50 bits per heavy atom. The van der Waals surface area contributed by atoms with Crippen LogP contribution in [0.25, 0.3) is 0 Å². The number of aryl methyl sites for hydroxylation is 1. The molecule has 4 nitrogen and oxygen atoms in total. The predicted molar refractivity (Wildman–Crippen MR) is 74.5 cm³/mol. The van der Waals surface area contributed by atoms with E-state index < -0.39 is 0 Å². The molecule has 0 unspecified atom stereocenters. The molecule has 92 valence electrons. The van der Waals surface area contributed by atoms with Crippen LogP contribution < -0.4 is 0 Å². The molecule has 0 aliphatic heterocycles. The fourth-order valence-corrected chi connectivity index (χ4v) is 2.29. The van der Waals surface area contributed by atoms with Crippen LogP contribution in [0.15, 0.2) is 51.7 Å². The number of halogens is 1.